The van der Waals surface area contributed by atoms with Gasteiger partial charge in [-0.15, -0.1) is 0 Å². The molecule has 0 fully saturated rings. The van der Waals surface area contributed by atoms with Crippen LogP contribution < -0.4 is 11.1 Å². The van der Waals surface area contributed by atoms with Crippen LogP contribution in [0.5, 0.6) is 0 Å². The van der Waals surface area contributed by atoms with E-state index in [0.717, 1.165) is 19.1 Å². The summed E-state index contributed by atoms with van der Waals surface area (Å²) in [6.45, 7) is 8.01. The first-order valence-electron chi connectivity index (χ1n) is 5.97. The minimum Gasteiger partial charge on any atom is -0.326 e. The van der Waals surface area contributed by atoms with Gasteiger partial charge in [-0.1, -0.05) is 50.0 Å². The highest BCUT2D eigenvalue weighted by molar-refractivity contribution is 6.76. The number of hydrogen-bond donors (Lipinski definition) is 2. The first-order chi connectivity index (χ1) is 7.47. The van der Waals surface area contributed by atoms with Crippen LogP contribution in [0.2, 0.25) is 19.6 Å². The molecule has 3 heteroatoms. The molecule has 1 rings (SSSR count). The Kier molecular flexibility index (Phi) is 5.18. The molecule has 0 bridgehead atoms. The summed E-state index contributed by atoms with van der Waals surface area (Å²) in [6, 6.07) is 10.7. The van der Waals surface area contributed by atoms with Crippen LogP contribution in [0.3, 0.4) is 0 Å². The number of rotatable bonds is 6. The molecule has 0 aliphatic heterocycles. The molecular formula is C13H24N2Si. The van der Waals surface area contributed by atoms with Crippen LogP contribution >= 0.6 is 0 Å². The quantitative estimate of drug-likeness (QED) is 0.742. The zero-order valence-corrected chi connectivity index (χ0v) is 11.7. The topological polar surface area (TPSA) is 38.0 Å². The van der Waals surface area contributed by atoms with Crippen LogP contribution in [0, 0.1) is 0 Å². The van der Waals surface area contributed by atoms with Crippen molar-refractivity contribution in [2.24, 2.45) is 5.73 Å². The molecule has 0 spiro atoms. The van der Waals surface area contributed by atoms with Crippen molar-refractivity contribution < 1.29 is 0 Å². The van der Waals surface area contributed by atoms with E-state index in [1.54, 1.807) is 0 Å². The monoisotopic (exact) mass is 236 g/mol. The molecule has 0 radical (unpaired) electrons. The predicted molar refractivity (Wildman–Crippen MR) is 74.3 cm³/mol. The van der Waals surface area contributed by atoms with Gasteiger partial charge in [0.25, 0.3) is 0 Å². The highest BCUT2D eigenvalue weighted by Crippen LogP contribution is 2.02. The summed E-state index contributed by atoms with van der Waals surface area (Å²) in [5, 5.41) is 3.48. The Labute approximate surface area is 100 Å². The molecule has 0 saturated heterocycles. The minimum absolute atomic E-state index is 0.221. The van der Waals surface area contributed by atoms with Crippen molar-refractivity contribution in [3.63, 3.8) is 0 Å². The molecule has 0 aliphatic carbocycles. The van der Waals surface area contributed by atoms with Crippen molar-refractivity contribution in [3.8, 4) is 0 Å². The van der Waals surface area contributed by atoms with Crippen LogP contribution in [0.25, 0.3) is 0 Å². The zero-order chi connectivity index (χ0) is 12.0. The smallest absolute Gasteiger partial charge is 0.0595 e. The first-order valence-corrected chi connectivity index (χ1v) is 9.68. The molecule has 0 saturated carbocycles. The van der Waals surface area contributed by atoms with E-state index in [2.05, 4.69) is 49.2 Å². The van der Waals surface area contributed by atoms with Crippen LogP contribution in [-0.2, 0) is 6.42 Å². The predicted octanol–water partition coefficient (Wildman–Crippen LogP) is 2.02. The number of benzene rings is 1. The van der Waals surface area contributed by atoms with Crippen molar-refractivity contribution in [1.82, 2.24) is 5.32 Å². The second-order valence-electron chi connectivity index (χ2n) is 5.64. The number of nitrogens with two attached hydrogens (primary N) is 1. The first kappa shape index (κ1) is 13.4. The van der Waals surface area contributed by atoms with Gasteiger partial charge in [-0.3, -0.25) is 0 Å². The molecule has 1 atom stereocenters. The van der Waals surface area contributed by atoms with Crippen molar-refractivity contribution in [2.75, 3.05) is 12.7 Å². The molecule has 16 heavy (non-hydrogen) atoms. The second-order valence-corrected chi connectivity index (χ2v) is 11.1. The van der Waals surface area contributed by atoms with E-state index in [9.17, 15) is 0 Å². The second kappa shape index (κ2) is 6.18. The minimum atomic E-state index is -0.983. The fourth-order valence-corrected chi connectivity index (χ4v) is 2.52. The summed E-state index contributed by atoms with van der Waals surface area (Å²) >= 11 is 0. The van der Waals surface area contributed by atoms with E-state index in [1.165, 1.54) is 5.56 Å². The third kappa shape index (κ3) is 6.05. The normalized spacial score (nSPS) is 13.8. The maximum absolute atomic E-state index is 6.09. The van der Waals surface area contributed by atoms with Crippen LogP contribution in [0.1, 0.15) is 5.56 Å². The Morgan fingerprint density at radius 2 is 1.81 bits per heavy atom. The third-order valence-corrected chi connectivity index (χ3v) is 3.71. The van der Waals surface area contributed by atoms with Gasteiger partial charge in [-0.05, 0) is 18.2 Å². The Morgan fingerprint density at radius 1 is 1.19 bits per heavy atom. The van der Waals surface area contributed by atoms with Crippen LogP contribution in [-0.4, -0.2) is 26.8 Å². The van der Waals surface area contributed by atoms with Gasteiger partial charge in [0.15, 0.2) is 0 Å². The molecule has 0 amide bonds. The third-order valence-electron chi connectivity index (χ3n) is 2.40. The van der Waals surface area contributed by atoms with Gasteiger partial charge < -0.3 is 11.1 Å². The molecule has 1 aromatic carbocycles. The standard InChI is InChI=1S/C13H24N2Si/c1-16(2,3)11-15-10-13(14)9-12-7-5-4-6-8-12/h4-8,13,15H,9-11,14H2,1-3H3. The summed E-state index contributed by atoms with van der Waals surface area (Å²) in [7, 11) is -0.983. The lowest BCUT2D eigenvalue weighted by Gasteiger charge is -2.19. The highest BCUT2D eigenvalue weighted by atomic mass is 28.3. The SMILES string of the molecule is C[Si](C)(C)CNCC(N)Cc1ccccc1. The molecule has 0 aliphatic rings. The van der Waals surface area contributed by atoms with E-state index in [0.29, 0.717) is 0 Å². The van der Waals surface area contributed by atoms with E-state index in [-0.39, 0.29) is 6.04 Å². The molecule has 0 heterocycles. The fraction of sp³-hybridized carbons (Fsp3) is 0.538. The van der Waals surface area contributed by atoms with E-state index in [1.807, 2.05) is 6.07 Å². The molecule has 3 N–H and O–H groups in total. The molecular weight excluding hydrogens is 212 g/mol. The summed E-state index contributed by atoms with van der Waals surface area (Å²) in [6.07, 6.45) is 2.11. The molecule has 1 aromatic rings. The maximum atomic E-state index is 6.09. The van der Waals surface area contributed by atoms with Gasteiger partial charge in [0.05, 0.1) is 8.07 Å². The Hall–Kier alpha value is -0.643. The van der Waals surface area contributed by atoms with Gasteiger partial charge in [0.2, 0.25) is 0 Å². The van der Waals surface area contributed by atoms with Crippen LogP contribution in [0.4, 0.5) is 0 Å². The molecule has 2 nitrogen and oxygen atoms in total. The fourth-order valence-electron chi connectivity index (χ4n) is 1.62. The Morgan fingerprint density at radius 3 is 2.38 bits per heavy atom. The average molecular weight is 236 g/mol. The Bertz CT molecular complexity index is 293. The van der Waals surface area contributed by atoms with E-state index >= 15 is 0 Å². The van der Waals surface area contributed by atoms with Gasteiger partial charge in [-0.2, -0.15) is 0 Å². The van der Waals surface area contributed by atoms with Gasteiger partial charge in [0, 0.05) is 12.6 Å². The van der Waals surface area contributed by atoms with Gasteiger partial charge in [0.1, 0.15) is 0 Å². The van der Waals surface area contributed by atoms with E-state index in [4.69, 9.17) is 5.73 Å². The summed E-state index contributed by atoms with van der Waals surface area (Å²) in [4.78, 5) is 0. The molecule has 0 aromatic heterocycles. The maximum Gasteiger partial charge on any atom is 0.0595 e. The van der Waals surface area contributed by atoms with Crippen molar-refractivity contribution in [2.45, 2.75) is 32.1 Å². The van der Waals surface area contributed by atoms with Crippen molar-refractivity contribution in [1.29, 1.82) is 0 Å². The van der Waals surface area contributed by atoms with E-state index < -0.39 is 8.07 Å². The average Bonchev–Trinajstić information content (AvgIpc) is 2.17. The molecule has 1 unspecified atom stereocenters. The van der Waals surface area contributed by atoms with Crippen molar-refractivity contribution in [3.05, 3.63) is 35.9 Å². The molecule has 90 valence electrons. The lowest BCUT2D eigenvalue weighted by Crippen LogP contribution is -2.43. The summed E-state index contributed by atoms with van der Waals surface area (Å²) in [5.41, 5.74) is 7.41. The Balaban J connectivity index is 2.24. The highest BCUT2D eigenvalue weighted by Gasteiger charge is 2.12. The summed E-state index contributed by atoms with van der Waals surface area (Å²) in [5.74, 6) is 0. The summed E-state index contributed by atoms with van der Waals surface area (Å²) < 4.78 is 0. The lowest BCUT2D eigenvalue weighted by atomic mass is 10.1. The lowest BCUT2D eigenvalue weighted by molar-refractivity contribution is 0.604. The number of hydrogen-bond acceptors (Lipinski definition) is 2. The van der Waals surface area contributed by atoms with Gasteiger partial charge >= 0.3 is 0 Å². The largest absolute Gasteiger partial charge is 0.326 e. The zero-order valence-electron chi connectivity index (χ0n) is 10.7. The number of nitrogens with one attached hydrogen (secondary N) is 1. The van der Waals surface area contributed by atoms with Gasteiger partial charge in [-0.25, -0.2) is 0 Å². The van der Waals surface area contributed by atoms with Crippen molar-refractivity contribution >= 4 is 8.07 Å². The van der Waals surface area contributed by atoms with Crippen LogP contribution in [0.15, 0.2) is 30.3 Å².